The Morgan fingerprint density at radius 3 is 3.07 bits per heavy atom. The van der Waals surface area contributed by atoms with E-state index >= 15 is 0 Å². The van der Waals surface area contributed by atoms with Crippen molar-refractivity contribution in [2.45, 2.75) is 12.5 Å². The predicted octanol–water partition coefficient (Wildman–Crippen LogP) is 1.22. The maximum atomic E-state index is 11.1. The molecular weight excluding hydrogens is 196 g/mol. The highest BCUT2D eigenvalue weighted by atomic mass is 16.5. The molecule has 1 saturated heterocycles. The summed E-state index contributed by atoms with van der Waals surface area (Å²) in [6.07, 6.45) is 4.52. The van der Waals surface area contributed by atoms with Crippen molar-refractivity contribution in [2.75, 3.05) is 6.61 Å². The zero-order valence-electron chi connectivity index (χ0n) is 8.13. The van der Waals surface area contributed by atoms with E-state index in [1.165, 1.54) is 0 Å². The molecule has 1 fully saturated rings. The van der Waals surface area contributed by atoms with Gasteiger partial charge in [0.1, 0.15) is 5.76 Å². The maximum Gasteiger partial charge on any atom is 0.312 e. The molecule has 4 nitrogen and oxygen atoms in total. The van der Waals surface area contributed by atoms with Crippen LogP contribution in [0.1, 0.15) is 12.2 Å². The van der Waals surface area contributed by atoms with Crippen LogP contribution in [0.4, 0.5) is 0 Å². The molecule has 0 aliphatic carbocycles. The smallest absolute Gasteiger partial charge is 0.312 e. The van der Waals surface area contributed by atoms with E-state index in [0.29, 0.717) is 18.8 Å². The first-order valence-corrected chi connectivity index (χ1v) is 4.84. The fourth-order valence-electron chi connectivity index (χ4n) is 1.54. The lowest BCUT2D eigenvalue weighted by atomic mass is 10.0. The van der Waals surface area contributed by atoms with Gasteiger partial charge in [0.25, 0.3) is 0 Å². The summed E-state index contributed by atoms with van der Waals surface area (Å²) in [5.41, 5.74) is 0. The number of cyclic esters (lactones) is 1. The maximum absolute atomic E-state index is 11.1. The summed E-state index contributed by atoms with van der Waals surface area (Å²) >= 11 is 0. The van der Waals surface area contributed by atoms with E-state index in [-0.39, 0.29) is 5.97 Å². The van der Waals surface area contributed by atoms with Gasteiger partial charge in [0, 0.05) is 0 Å². The van der Waals surface area contributed by atoms with Crippen molar-refractivity contribution in [3.05, 3.63) is 30.2 Å². The number of ether oxygens (including phenoxy) is 1. The second-order valence-electron chi connectivity index (χ2n) is 3.43. The fraction of sp³-hybridized carbons (Fsp3) is 0.364. The third-order valence-electron chi connectivity index (χ3n) is 2.39. The summed E-state index contributed by atoms with van der Waals surface area (Å²) in [5.74, 6) is -0.108. The molecule has 0 aromatic carbocycles. The van der Waals surface area contributed by atoms with Crippen molar-refractivity contribution < 1.29 is 19.1 Å². The Morgan fingerprint density at radius 2 is 2.47 bits per heavy atom. The van der Waals surface area contributed by atoms with E-state index in [2.05, 4.69) is 0 Å². The Hall–Kier alpha value is -1.55. The Kier molecular flexibility index (Phi) is 2.87. The third-order valence-corrected chi connectivity index (χ3v) is 2.39. The van der Waals surface area contributed by atoms with Gasteiger partial charge >= 0.3 is 5.97 Å². The molecule has 1 aliphatic heterocycles. The Bertz CT molecular complexity index is 353. The summed E-state index contributed by atoms with van der Waals surface area (Å²) in [4.78, 5) is 11.1. The van der Waals surface area contributed by atoms with Gasteiger partial charge in [-0.15, -0.1) is 0 Å². The summed E-state index contributed by atoms with van der Waals surface area (Å²) in [6, 6.07) is 3.53. The molecule has 2 heterocycles. The highest BCUT2D eigenvalue weighted by Gasteiger charge is 2.31. The monoisotopic (exact) mass is 208 g/mol. The lowest BCUT2D eigenvalue weighted by Crippen LogP contribution is -2.22. The van der Waals surface area contributed by atoms with Crippen molar-refractivity contribution >= 4 is 12.0 Å². The molecule has 1 aliphatic rings. The van der Waals surface area contributed by atoms with Crippen LogP contribution in [0.3, 0.4) is 0 Å². The molecule has 0 amide bonds. The van der Waals surface area contributed by atoms with E-state index in [4.69, 9.17) is 9.15 Å². The number of carbonyl (C=O) groups excluding carboxylic acids is 1. The quantitative estimate of drug-likeness (QED) is 0.758. The lowest BCUT2D eigenvalue weighted by Gasteiger charge is -2.08. The highest BCUT2D eigenvalue weighted by Crippen LogP contribution is 2.19. The van der Waals surface area contributed by atoms with Crippen molar-refractivity contribution in [1.82, 2.24) is 0 Å². The molecule has 1 N–H and O–H groups in total. The van der Waals surface area contributed by atoms with Crippen LogP contribution in [-0.4, -0.2) is 23.8 Å². The van der Waals surface area contributed by atoms with Gasteiger partial charge in [0.05, 0.1) is 24.9 Å². The van der Waals surface area contributed by atoms with Gasteiger partial charge in [-0.1, -0.05) is 6.08 Å². The van der Waals surface area contributed by atoms with Crippen molar-refractivity contribution in [3.8, 4) is 0 Å². The number of carbonyl (C=O) groups is 1. The molecule has 0 unspecified atom stereocenters. The number of esters is 1. The number of aliphatic hydroxyl groups excluding tert-OH is 1. The SMILES string of the molecule is O=C1OCC[C@@H]1[C@H](O)/C=C/c1ccco1. The van der Waals surface area contributed by atoms with Crippen LogP contribution < -0.4 is 0 Å². The van der Waals surface area contributed by atoms with E-state index in [1.54, 1.807) is 30.5 Å². The molecule has 0 saturated carbocycles. The summed E-state index contributed by atoms with van der Waals surface area (Å²) in [7, 11) is 0. The highest BCUT2D eigenvalue weighted by molar-refractivity contribution is 5.75. The van der Waals surface area contributed by atoms with Gasteiger partial charge in [0.2, 0.25) is 0 Å². The van der Waals surface area contributed by atoms with Crippen molar-refractivity contribution in [3.63, 3.8) is 0 Å². The van der Waals surface area contributed by atoms with Crippen LogP contribution in [0.5, 0.6) is 0 Å². The van der Waals surface area contributed by atoms with Gasteiger partial charge in [-0.25, -0.2) is 0 Å². The number of rotatable bonds is 3. The zero-order valence-corrected chi connectivity index (χ0v) is 8.13. The minimum absolute atomic E-state index is 0.327. The molecule has 80 valence electrons. The second kappa shape index (κ2) is 4.31. The molecule has 1 aromatic heterocycles. The summed E-state index contributed by atoms with van der Waals surface area (Å²) in [6.45, 7) is 0.398. The lowest BCUT2D eigenvalue weighted by molar-refractivity contribution is -0.143. The molecule has 0 bridgehead atoms. The van der Waals surface area contributed by atoms with E-state index in [9.17, 15) is 9.90 Å². The molecule has 4 heteroatoms. The van der Waals surface area contributed by atoms with Gasteiger partial charge in [0.15, 0.2) is 0 Å². The largest absolute Gasteiger partial charge is 0.465 e. The fourth-order valence-corrected chi connectivity index (χ4v) is 1.54. The zero-order chi connectivity index (χ0) is 10.7. The van der Waals surface area contributed by atoms with Crippen molar-refractivity contribution in [1.29, 1.82) is 0 Å². The van der Waals surface area contributed by atoms with E-state index in [0.717, 1.165) is 0 Å². The minimum Gasteiger partial charge on any atom is -0.465 e. The first kappa shape index (κ1) is 9.98. The second-order valence-corrected chi connectivity index (χ2v) is 3.43. The molecule has 2 rings (SSSR count). The molecule has 0 radical (unpaired) electrons. The van der Waals surface area contributed by atoms with Gasteiger partial charge in [-0.05, 0) is 24.6 Å². The van der Waals surface area contributed by atoms with Gasteiger partial charge < -0.3 is 14.3 Å². The summed E-state index contributed by atoms with van der Waals surface area (Å²) in [5, 5.41) is 9.69. The Balaban J connectivity index is 1.97. The summed E-state index contributed by atoms with van der Waals surface area (Å²) < 4.78 is 9.83. The molecule has 0 spiro atoms. The minimum atomic E-state index is -0.801. The first-order valence-electron chi connectivity index (χ1n) is 4.84. The van der Waals surface area contributed by atoms with E-state index < -0.39 is 12.0 Å². The first-order chi connectivity index (χ1) is 7.27. The molecule has 1 aromatic rings. The average Bonchev–Trinajstić information content (AvgIpc) is 2.84. The van der Waals surface area contributed by atoms with Crippen LogP contribution >= 0.6 is 0 Å². The normalized spacial score (nSPS) is 23.3. The van der Waals surface area contributed by atoms with Gasteiger partial charge in [-0.2, -0.15) is 0 Å². The molecule has 15 heavy (non-hydrogen) atoms. The van der Waals surface area contributed by atoms with Gasteiger partial charge in [-0.3, -0.25) is 4.79 Å². The average molecular weight is 208 g/mol. The topological polar surface area (TPSA) is 59.7 Å². The van der Waals surface area contributed by atoms with E-state index in [1.807, 2.05) is 0 Å². The molecule has 2 atom stereocenters. The van der Waals surface area contributed by atoms with Crippen molar-refractivity contribution in [2.24, 2.45) is 5.92 Å². The number of hydrogen-bond acceptors (Lipinski definition) is 4. The Labute approximate surface area is 87.2 Å². The van der Waals surface area contributed by atoms with Crippen LogP contribution in [-0.2, 0) is 9.53 Å². The Morgan fingerprint density at radius 1 is 1.60 bits per heavy atom. The number of hydrogen-bond donors (Lipinski definition) is 1. The predicted molar refractivity (Wildman–Crippen MR) is 52.8 cm³/mol. The molecular formula is C11H12O4. The van der Waals surface area contributed by atoms with Crippen LogP contribution in [0.15, 0.2) is 28.9 Å². The van der Waals surface area contributed by atoms with Crippen LogP contribution in [0.2, 0.25) is 0 Å². The third kappa shape index (κ3) is 2.27. The van der Waals surface area contributed by atoms with Crippen LogP contribution in [0, 0.1) is 5.92 Å². The standard InChI is InChI=1S/C11H12O4/c12-10(9-5-7-15-11(9)13)4-3-8-2-1-6-14-8/h1-4,6,9-10,12H,5,7H2/b4-3+/t9-,10-/m1/s1. The van der Waals surface area contributed by atoms with Crippen LogP contribution in [0.25, 0.3) is 6.08 Å². The number of aliphatic hydroxyl groups is 1. The number of furan rings is 1.